The third-order valence-corrected chi connectivity index (χ3v) is 3.01. The molecular weight excluding hydrogens is 242 g/mol. The van der Waals surface area contributed by atoms with Crippen LogP contribution < -0.4 is 5.73 Å². The first-order valence-electron chi connectivity index (χ1n) is 6.25. The number of likely N-dealkylation sites (N-methyl/N-ethyl adjacent to an activating group) is 1. The number of amidine groups is 1. The molecule has 1 aromatic heterocycles. The number of nitrogens with two attached hydrogens (primary N) is 1. The minimum absolute atomic E-state index is 0.196. The van der Waals surface area contributed by atoms with Crippen LogP contribution in [0.4, 0.5) is 0 Å². The zero-order valence-corrected chi connectivity index (χ0v) is 11.2. The molecule has 2 aromatic rings. The summed E-state index contributed by atoms with van der Waals surface area (Å²) in [5, 5.41) is 17.3. The van der Waals surface area contributed by atoms with Gasteiger partial charge in [-0.2, -0.15) is 5.10 Å². The van der Waals surface area contributed by atoms with Crippen molar-refractivity contribution in [1.82, 2.24) is 14.7 Å². The Bertz CT molecular complexity index is 590. The lowest BCUT2D eigenvalue weighted by molar-refractivity contribution is 0.307. The fourth-order valence-corrected chi connectivity index (χ4v) is 2.17. The van der Waals surface area contributed by atoms with Gasteiger partial charge in [0, 0.05) is 18.5 Å². The summed E-state index contributed by atoms with van der Waals surface area (Å²) >= 11 is 0. The standard InChI is InChI=1S/C13H19N5O/c1-3-18-12-7-5-4-6-10(12)11(15-18)8-17(2)9-13(14)16-19/h4-7,19H,3,8-9H2,1-2H3,(H2,14,16). The highest BCUT2D eigenvalue weighted by atomic mass is 16.4. The minimum Gasteiger partial charge on any atom is -0.409 e. The molecule has 0 atom stereocenters. The van der Waals surface area contributed by atoms with Crippen LogP contribution in [0.2, 0.25) is 0 Å². The van der Waals surface area contributed by atoms with Crippen molar-refractivity contribution in [3.8, 4) is 0 Å². The van der Waals surface area contributed by atoms with Gasteiger partial charge in [-0.3, -0.25) is 9.58 Å². The molecule has 0 amide bonds. The number of nitrogens with zero attached hydrogens (tertiary/aromatic N) is 4. The molecule has 0 saturated carbocycles. The molecule has 2 rings (SSSR count). The van der Waals surface area contributed by atoms with Gasteiger partial charge in [0.15, 0.2) is 5.84 Å². The van der Waals surface area contributed by atoms with Gasteiger partial charge in [0.1, 0.15) is 0 Å². The largest absolute Gasteiger partial charge is 0.409 e. The SMILES string of the molecule is CCn1nc(CN(C)CC(N)=NO)c2ccccc21. The average Bonchev–Trinajstić information content (AvgIpc) is 2.77. The predicted octanol–water partition coefficient (Wildman–Crippen LogP) is 1.23. The van der Waals surface area contributed by atoms with Crippen LogP contribution in [0.5, 0.6) is 0 Å². The van der Waals surface area contributed by atoms with Crippen LogP contribution >= 0.6 is 0 Å². The molecule has 0 bridgehead atoms. The molecule has 0 aliphatic heterocycles. The number of hydrogen-bond acceptors (Lipinski definition) is 4. The van der Waals surface area contributed by atoms with E-state index in [9.17, 15) is 0 Å². The number of fused-ring (bicyclic) bond motifs is 1. The zero-order valence-electron chi connectivity index (χ0n) is 11.2. The molecule has 6 heteroatoms. The third-order valence-electron chi connectivity index (χ3n) is 3.01. The molecule has 19 heavy (non-hydrogen) atoms. The fourth-order valence-electron chi connectivity index (χ4n) is 2.17. The lowest BCUT2D eigenvalue weighted by Crippen LogP contribution is -2.30. The van der Waals surface area contributed by atoms with E-state index in [2.05, 4.69) is 29.3 Å². The summed E-state index contributed by atoms with van der Waals surface area (Å²) < 4.78 is 1.99. The molecule has 3 N–H and O–H groups in total. The minimum atomic E-state index is 0.196. The second kappa shape index (κ2) is 5.71. The fraction of sp³-hybridized carbons (Fsp3) is 0.385. The van der Waals surface area contributed by atoms with Crippen molar-refractivity contribution in [2.45, 2.75) is 20.0 Å². The quantitative estimate of drug-likeness (QED) is 0.367. The molecule has 1 heterocycles. The predicted molar refractivity (Wildman–Crippen MR) is 75.1 cm³/mol. The topological polar surface area (TPSA) is 79.7 Å². The molecule has 0 saturated heterocycles. The van der Waals surface area contributed by atoms with E-state index in [1.54, 1.807) is 0 Å². The van der Waals surface area contributed by atoms with Crippen LogP contribution in [0.1, 0.15) is 12.6 Å². The Morgan fingerprint density at radius 3 is 2.89 bits per heavy atom. The normalized spacial score (nSPS) is 12.5. The lowest BCUT2D eigenvalue weighted by atomic mass is 10.2. The van der Waals surface area contributed by atoms with Gasteiger partial charge in [-0.1, -0.05) is 23.4 Å². The van der Waals surface area contributed by atoms with Crippen molar-refractivity contribution in [2.24, 2.45) is 10.9 Å². The Kier molecular flexibility index (Phi) is 4.01. The number of rotatable bonds is 5. The number of aromatic nitrogens is 2. The summed E-state index contributed by atoms with van der Waals surface area (Å²) in [4.78, 5) is 1.96. The maximum absolute atomic E-state index is 8.58. The monoisotopic (exact) mass is 261 g/mol. The molecule has 6 nitrogen and oxygen atoms in total. The van der Waals surface area contributed by atoms with Gasteiger partial charge in [0.05, 0.1) is 17.8 Å². The van der Waals surface area contributed by atoms with E-state index < -0.39 is 0 Å². The Labute approximate surface area is 112 Å². The van der Waals surface area contributed by atoms with E-state index in [0.717, 1.165) is 23.1 Å². The van der Waals surface area contributed by atoms with Crippen LogP contribution in [0.25, 0.3) is 10.9 Å². The number of oxime groups is 1. The average molecular weight is 261 g/mol. The van der Waals surface area contributed by atoms with Crippen LogP contribution in [0.15, 0.2) is 29.4 Å². The van der Waals surface area contributed by atoms with Crippen molar-refractivity contribution in [3.63, 3.8) is 0 Å². The van der Waals surface area contributed by atoms with Gasteiger partial charge in [0.25, 0.3) is 0 Å². The Hall–Kier alpha value is -2.08. The second-order valence-corrected chi connectivity index (χ2v) is 4.54. The third kappa shape index (κ3) is 2.85. The summed E-state index contributed by atoms with van der Waals surface area (Å²) in [7, 11) is 1.91. The maximum atomic E-state index is 8.58. The van der Waals surface area contributed by atoms with Gasteiger partial charge in [-0.05, 0) is 20.0 Å². The van der Waals surface area contributed by atoms with E-state index in [0.29, 0.717) is 13.1 Å². The summed E-state index contributed by atoms with van der Waals surface area (Å²) in [5.74, 6) is 0.196. The van der Waals surface area contributed by atoms with E-state index in [4.69, 9.17) is 10.9 Å². The molecule has 1 aromatic carbocycles. The van der Waals surface area contributed by atoms with Crippen molar-refractivity contribution < 1.29 is 5.21 Å². The molecule has 0 unspecified atom stereocenters. The van der Waals surface area contributed by atoms with Crippen molar-refractivity contribution in [1.29, 1.82) is 0 Å². The molecule has 102 valence electrons. The van der Waals surface area contributed by atoms with E-state index in [-0.39, 0.29) is 5.84 Å². The number of benzene rings is 1. The lowest BCUT2D eigenvalue weighted by Gasteiger charge is -2.13. The van der Waals surface area contributed by atoms with Crippen LogP contribution in [-0.4, -0.2) is 39.3 Å². The highest BCUT2D eigenvalue weighted by Crippen LogP contribution is 2.19. The first-order valence-corrected chi connectivity index (χ1v) is 6.25. The van der Waals surface area contributed by atoms with Crippen molar-refractivity contribution in [2.75, 3.05) is 13.6 Å². The molecule has 0 radical (unpaired) electrons. The van der Waals surface area contributed by atoms with Crippen LogP contribution in [0, 0.1) is 0 Å². The summed E-state index contributed by atoms with van der Waals surface area (Å²) in [5.41, 5.74) is 7.65. The van der Waals surface area contributed by atoms with Gasteiger partial charge in [0.2, 0.25) is 0 Å². The molecular formula is C13H19N5O. The van der Waals surface area contributed by atoms with E-state index in [1.807, 2.05) is 28.8 Å². The van der Waals surface area contributed by atoms with Crippen LogP contribution in [0.3, 0.4) is 0 Å². The summed E-state index contributed by atoms with van der Waals surface area (Å²) in [6.45, 7) is 3.97. The maximum Gasteiger partial charge on any atom is 0.153 e. The zero-order chi connectivity index (χ0) is 13.8. The Morgan fingerprint density at radius 2 is 2.21 bits per heavy atom. The van der Waals surface area contributed by atoms with Crippen LogP contribution in [-0.2, 0) is 13.1 Å². The summed E-state index contributed by atoms with van der Waals surface area (Å²) in [6.07, 6.45) is 0. The molecule has 0 spiro atoms. The smallest absolute Gasteiger partial charge is 0.153 e. The number of hydrogen-bond donors (Lipinski definition) is 2. The molecule has 0 fully saturated rings. The Balaban J connectivity index is 2.25. The van der Waals surface area contributed by atoms with Crippen molar-refractivity contribution in [3.05, 3.63) is 30.0 Å². The number of para-hydroxylation sites is 1. The van der Waals surface area contributed by atoms with Crippen molar-refractivity contribution >= 4 is 16.7 Å². The van der Waals surface area contributed by atoms with Gasteiger partial charge >= 0.3 is 0 Å². The first-order chi connectivity index (χ1) is 9.15. The van der Waals surface area contributed by atoms with E-state index in [1.165, 1.54) is 0 Å². The highest BCUT2D eigenvalue weighted by Gasteiger charge is 2.11. The van der Waals surface area contributed by atoms with Gasteiger partial charge < -0.3 is 10.9 Å². The highest BCUT2D eigenvalue weighted by molar-refractivity contribution is 5.83. The Morgan fingerprint density at radius 1 is 1.47 bits per heavy atom. The molecule has 0 aliphatic rings. The first kappa shape index (κ1) is 13.4. The molecule has 0 aliphatic carbocycles. The van der Waals surface area contributed by atoms with Gasteiger partial charge in [-0.15, -0.1) is 0 Å². The number of aryl methyl sites for hydroxylation is 1. The second-order valence-electron chi connectivity index (χ2n) is 4.54. The van der Waals surface area contributed by atoms with E-state index >= 15 is 0 Å². The van der Waals surface area contributed by atoms with Gasteiger partial charge in [-0.25, -0.2) is 0 Å². The summed E-state index contributed by atoms with van der Waals surface area (Å²) in [6, 6.07) is 8.16.